The molecule has 4 aromatic rings. The molecular weight excluding hydrogens is 647 g/mol. The number of carboxylic acid groups (broad SMARTS) is 1. The Morgan fingerprint density at radius 2 is 1.62 bits per heavy atom. The number of hydrogen-bond acceptors (Lipinski definition) is 5. The van der Waals surface area contributed by atoms with Gasteiger partial charge < -0.3 is 24.2 Å². The van der Waals surface area contributed by atoms with E-state index in [0.717, 1.165) is 51.9 Å². The van der Waals surface area contributed by atoms with Crippen LogP contribution in [0.4, 0.5) is 4.79 Å². The van der Waals surface area contributed by atoms with Crippen LogP contribution >= 0.6 is 23.2 Å². The summed E-state index contributed by atoms with van der Waals surface area (Å²) < 4.78 is 17.0. The molecule has 0 aliphatic rings. The van der Waals surface area contributed by atoms with Crippen molar-refractivity contribution in [3.8, 4) is 22.6 Å². The van der Waals surface area contributed by atoms with E-state index in [9.17, 15) is 9.90 Å². The van der Waals surface area contributed by atoms with Gasteiger partial charge in [0.25, 0.3) is 0 Å². The predicted octanol–water partition coefficient (Wildman–Crippen LogP) is 9.81. The van der Waals surface area contributed by atoms with Crippen LogP contribution in [0.2, 0.25) is 10.0 Å². The van der Waals surface area contributed by atoms with Crippen LogP contribution in [-0.4, -0.2) is 60.1 Å². The lowest BCUT2D eigenvalue weighted by atomic mass is 9.86. The van der Waals surface area contributed by atoms with E-state index < -0.39 is 11.6 Å². The Morgan fingerprint density at radius 3 is 2.25 bits per heavy atom. The Bertz CT molecular complexity index is 1650. The first-order valence-electron chi connectivity index (χ1n) is 16.2. The highest BCUT2D eigenvalue weighted by molar-refractivity contribution is 6.37. The van der Waals surface area contributed by atoms with Crippen LogP contribution in [0.3, 0.4) is 0 Å². The zero-order valence-corrected chi connectivity index (χ0v) is 30.2. The summed E-state index contributed by atoms with van der Waals surface area (Å²) >= 11 is 12.6. The highest BCUT2D eigenvalue weighted by atomic mass is 35.5. The third-order valence-electron chi connectivity index (χ3n) is 8.26. The topological polar surface area (TPSA) is 81.1 Å². The predicted molar refractivity (Wildman–Crippen MR) is 194 cm³/mol. The molecule has 0 aliphatic carbocycles. The van der Waals surface area contributed by atoms with Gasteiger partial charge in [0.15, 0.2) is 5.75 Å². The Hall–Kier alpha value is -3.78. The minimum Gasteiger partial charge on any atom is -0.490 e. The van der Waals surface area contributed by atoms with Crippen LogP contribution in [0.25, 0.3) is 11.1 Å². The van der Waals surface area contributed by atoms with Crippen molar-refractivity contribution in [3.63, 3.8) is 0 Å². The Morgan fingerprint density at radius 1 is 0.938 bits per heavy atom. The van der Waals surface area contributed by atoms with Crippen LogP contribution in [0.5, 0.6) is 11.5 Å². The van der Waals surface area contributed by atoms with Gasteiger partial charge in [-0.1, -0.05) is 59.6 Å². The van der Waals surface area contributed by atoms with Crippen molar-refractivity contribution in [2.24, 2.45) is 0 Å². The molecule has 1 atom stereocenters. The second-order valence-corrected chi connectivity index (χ2v) is 13.8. The molecule has 1 unspecified atom stereocenters. The van der Waals surface area contributed by atoms with Crippen LogP contribution in [0.15, 0.2) is 72.9 Å². The molecule has 0 radical (unpaired) electrons. The summed E-state index contributed by atoms with van der Waals surface area (Å²) in [5.74, 6) is 1.08. The van der Waals surface area contributed by atoms with Gasteiger partial charge in [-0.25, -0.2) is 4.79 Å². The molecule has 48 heavy (non-hydrogen) atoms. The van der Waals surface area contributed by atoms with Crippen molar-refractivity contribution in [1.82, 2.24) is 9.88 Å². The highest BCUT2D eigenvalue weighted by Gasteiger charge is 2.30. The van der Waals surface area contributed by atoms with Crippen LogP contribution in [0.1, 0.15) is 61.1 Å². The van der Waals surface area contributed by atoms with Gasteiger partial charge in [-0.05, 0) is 112 Å². The monoisotopic (exact) mass is 692 g/mol. The molecule has 7 nitrogen and oxygen atoms in total. The number of methoxy groups -OCH3 is 1. The quantitative estimate of drug-likeness (QED) is 0.125. The van der Waals surface area contributed by atoms with Crippen molar-refractivity contribution in [3.05, 3.63) is 111 Å². The SMILES string of the molecule is COCCCc1ncccc1-c1ccc(C(Cc2ccc(OCCOc3c(Cl)cc(C)cc3Cl)cc2)CN(C(=O)O)C(C)(C)C)c(C)c1. The molecule has 0 aliphatic heterocycles. The molecule has 256 valence electrons. The average molecular weight is 694 g/mol. The maximum Gasteiger partial charge on any atom is 0.407 e. The summed E-state index contributed by atoms with van der Waals surface area (Å²) in [7, 11) is 1.71. The maximum atomic E-state index is 12.4. The van der Waals surface area contributed by atoms with Gasteiger partial charge in [-0.2, -0.15) is 0 Å². The Kier molecular flexibility index (Phi) is 13.2. The van der Waals surface area contributed by atoms with Crippen molar-refractivity contribution < 1.29 is 24.1 Å². The number of carbonyl (C=O) groups is 1. The minimum absolute atomic E-state index is 0.0754. The number of amides is 1. The van der Waals surface area contributed by atoms with Gasteiger partial charge in [-0.3, -0.25) is 4.98 Å². The van der Waals surface area contributed by atoms with E-state index >= 15 is 0 Å². The lowest BCUT2D eigenvalue weighted by Crippen LogP contribution is -2.47. The lowest BCUT2D eigenvalue weighted by Gasteiger charge is -2.36. The molecule has 0 fully saturated rings. The van der Waals surface area contributed by atoms with Gasteiger partial charge in [0.2, 0.25) is 0 Å². The number of ether oxygens (including phenoxy) is 3. The van der Waals surface area contributed by atoms with Gasteiger partial charge >= 0.3 is 6.09 Å². The van der Waals surface area contributed by atoms with Crippen LogP contribution in [0, 0.1) is 13.8 Å². The molecule has 1 aromatic heterocycles. The highest BCUT2D eigenvalue weighted by Crippen LogP contribution is 2.35. The van der Waals surface area contributed by atoms with Gasteiger partial charge in [0.05, 0.1) is 10.0 Å². The molecule has 9 heteroatoms. The minimum atomic E-state index is -0.933. The summed E-state index contributed by atoms with van der Waals surface area (Å²) in [6.07, 6.45) is 3.28. The fraction of sp³-hybridized carbons (Fsp3) is 0.385. The Labute approximate surface area is 294 Å². The molecule has 0 bridgehead atoms. The lowest BCUT2D eigenvalue weighted by molar-refractivity contribution is 0.0956. The summed E-state index contributed by atoms with van der Waals surface area (Å²) in [5.41, 5.74) is 6.95. The van der Waals surface area contributed by atoms with Crippen LogP contribution < -0.4 is 9.47 Å². The molecule has 1 heterocycles. The molecule has 0 saturated carbocycles. The summed E-state index contributed by atoms with van der Waals surface area (Å²) in [5, 5.41) is 11.1. The van der Waals surface area contributed by atoms with E-state index in [1.165, 1.54) is 4.90 Å². The molecular formula is C39H46Cl2N2O5. The summed E-state index contributed by atoms with van der Waals surface area (Å²) in [6, 6.07) is 22.1. The first-order valence-corrected chi connectivity index (χ1v) is 17.0. The smallest absolute Gasteiger partial charge is 0.407 e. The van der Waals surface area contributed by atoms with Crippen LogP contribution in [-0.2, 0) is 17.6 Å². The van der Waals surface area contributed by atoms with E-state index in [2.05, 4.69) is 36.2 Å². The number of benzene rings is 3. The first-order chi connectivity index (χ1) is 22.9. The van der Waals surface area contributed by atoms with E-state index in [1.807, 2.05) is 76.4 Å². The van der Waals surface area contributed by atoms with Crippen molar-refractivity contribution >= 4 is 29.3 Å². The van der Waals surface area contributed by atoms with Crippen molar-refractivity contribution in [1.29, 1.82) is 0 Å². The maximum absolute atomic E-state index is 12.4. The second-order valence-electron chi connectivity index (χ2n) is 13.0. The van der Waals surface area contributed by atoms with E-state index in [1.54, 1.807) is 7.11 Å². The molecule has 0 spiro atoms. The second kappa shape index (κ2) is 17.0. The van der Waals surface area contributed by atoms with Gasteiger partial charge in [0.1, 0.15) is 19.0 Å². The van der Waals surface area contributed by atoms with Crippen molar-refractivity contribution in [2.75, 3.05) is 33.5 Å². The van der Waals surface area contributed by atoms with Gasteiger partial charge in [0, 0.05) is 49.2 Å². The number of hydrogen-bond donors (Lipinski definition) is 1. The van der Waals surface area contributed by atoms with Crippen molar-refractivity contribution in [2.45, 2.75) is 65.3 Å². The molecule has 3 aromatic carbocycles. The largest absolute Gasteiger partial charge is 0.490 e. The zero-order valence-electron chi connectivity index (χ0n) is 28.7. The normalized spacial score (nSPS) is 12.1. The number of rotatable bonds is 15. The third kappa shape index (κ3) is 10.1. The number of nitrogens with zero attached hydrogens (tertiary/aromatic N) is 2. The van der Waals surface area contributed by atoms with E-state index in [4.69, 9.17) is 37.4 Å². The summed E-state index contributed by atoms with van der Waals surface area (Å²) in [4.78, 5) is 18.6. The molecule has 4 rings (SSSR count). The first kappa shape index (κ1) is 37.0. The zero-order chi connectivity index (χ0) is 34.8. The average Bonchev–Trinajstić information content (AvgIpc) is 3.02. The molecule has 0 saturated heterocycles. The Balaban J connectivity index is 1.51. The fourth-order valence-electron chi connectivity index (χ4n) is 5.85. The van der Waals surface area contributed by atoms with Gasteiger partial charge in [-0.15, -0.1) is 0 Å². The summed E-state index contributed by atoms with van der Waals surface area (Å²) in [6.45, 7) is 11.5. The molecule has 1 N–H and O–H groups in total. The molecule has 1 amide bonds. The third-order valence-corrected chi connectivity index (χ3v) is 8.82. The van der Waals surface area contributed by atoms with E-state index in [-0.39, 0.29) is 12.5 Å². The number of aromatic nitrogens is 1. The number of halogens is 2. The number of aryl methyl sites for hydroxylation is 3. The fourth-order valence-corrected chi connectivity index (χ4v) is 6.56. The van der Waals surface area contributed by atoms with E-state index in [0.29, 0.717) is 47.7 Å². The standard InChI is InChI=1S/C39H46Cl2N2O5/c1-26-21-34(40)37(35(41)22-26)48-20-19-47-31-14-11-28(12-15-31)24-30(25-43(38(44)45)39(3,4)5)32-16-13-29(23-27(32)2)33-9-7-17-42-36(33)10-8-18-46-6/h7,9,11-17,21-23,30H,8,10,18-20,24-25H2,1-6H3,(H,44,45). The number of pyridine rings is 1.